The summed E-state index contributed by atoms with van der Waals surface area (Å²) in [5, 5.41) is 3.57. The molecule has 0 spiro atoms. The van der Waals surface area contributed by atoms with Crippen molar-refractivity contribution in [3.05, 3.63) is 57.6 Å². The van der Waals surface area contributed by atoms with Gasteiger partial charge in [0.15, 0.2) is 0 Å². The lowest BCUT2D eigenvalue weighted by molar-refractivity contribution is 0.0950. The van der Waals surface area contributed by atoms with Crippen LogP contribution in [-0.4, -0.2) is 15.9 Å². The van der Waals surface area contributed by atoms with Crippen LogP contribution in [-0.2, 0) is 6.54 Å². The molecule has 0 radical (unpaired) electrons. The van der Waals surface area contributed by atoms with Gasteiger partial charge in [0, 0.05) is 10.7 Å². The summed E-state index contributed by atoms with van der Waals surface area (Å²) in [5.74, 6) is -0.288. The Kier molecular flexibility index (Phi) is 4.35. The number of carbonyl (C=O) groups is 1. The van der Waals surface area contributed by atoms with E-state index in [1.54, 1.807) is 18.2 Å². The first-order chi connectivity index (χ1) is 9.06. The minimum Gasteiger partial charge on any atom is -0.346 e. The Bertz CT molecular complexity index is 617. The first-order valence-electron chi connectivity index (χ1n) is 5.57. The molecular weight excluding hydrogens is 285 g/mol. The van der Waals surface area contributed by atoms with Crippen LogP contribution in [0.25, 0.3) is 0 Å². The van der Waals surface area contributed by atoms with E-state index in [0.29, 0.717) is 22.2 Å². The van der Waals surface area contributed by atoms with Gasteiger partial charge in [0.1, 0.15) is 6.33 Å². The Balaban J connectivity index is 2.07. The number of halogens is 2. The summed E-state index contributed by atoms with van der Waals surface area (Å²) in [5.41, 5.74) is 1.93. The Morgan fingerprint density at radius 1 is 1.26 bits per heavy atom. The van der Waals surface area contributed by atoms with Crippen molar-refractivity contribution in [1.29, 1.82) is 0 Å². The van der Waals surface area contributed by atoms with Gasteiger partial charge in [0.2, 0.25) is 0 Å². The van der Waals surface area contributed by atoms with Crippen molar-refractivity contribution >= 4 is 29.1 Å². The van der Waals surface area contributed by atoms with Crippen LogP contribution >= 0.6 is 23.2 Å². The molecule has 1 N–H and O–H groups in total. The fourth-order valence-corrected chi connectivity index (χ4v) is 1.92. The van der Waals surface area contributed by atoms with Gasteiger partial charge in [0.25, 0.3) is 5.91 Å². The zero-order valence-corrected chi connectivity index (χ0v) is 11.7. The molecule has 2 rings (SSSR count). The molecule has 0 atom stereocenters. The minimum atomic E-state index is -0.288. The normalized spacial score (nSPS) is 10.3. The molecule has 0 bridgehead atoms. The van der Waals surface area contributed by atoms with Crippen molar-refractivity contribution in [2.75, 3.05) is 0 Å². The zero-order valence-electron chi connectivity index (χ0n) is 10.2. The smallest absolute Gasteiger partial charge is 0.253 e. The van der Waals surface area contributed by atoms with Gasteiger partial charge in [-0.2, -0.15) is 0 Å². The molecule has 0 aliphatic carbocycles. The Morgan fingerprint density at radius 2 is 2.05 bits per heavy atom. The second-order valence-corrected chi connectivity index (χ2v) is 4.80. The molecule has 4 nitrogen and oxygen atoms in total. The van der Waals surface area contributed by atoms with E-state index in [0.717, 1.165) is 11.4 Å². The fourth-order valence-electron chi connectivity index (χ4n) is 1.54. The highest BCUT2D eigenvalue weighted by molar-refractivity contribution is 6.35. The molecule has 0 unspecified atom stereocenters. The first kappa shape index (κ1) is 13.8. The maximum Gasteiger partial charge on any atom is 0.253 e. The van der Waals surface area contributed by atoms with Crippen molar-refractivity contribution in [2.24, 2.45) is 0 Å². The van der Waals surface area contributed by atoms with Gasteiger partial charge >= 0.3 is 0 Å². The average molecular weight is 296 g/mol. The number of hydrogen-bond acceptors (Lipinski definition) is 3. The molecule has 6 heteroatoms. The van der Waals surface area contributed by atoms with E-state index in [2.05, 4.69) is 15.3 Å². The predicted octanol–water partition coefficient (Wildman–Crippen LogP) is 3.02. The maximum atomic E-state index is 12.0. The quantitative estimate of drug-likeness (QED) is 0.947. The van der Waals surface area contributed by atoms with E-state index in [1.807, 2.05) is 6.92 Å². The number of rotatable bonds is 3. The van der Waals surface area contributed by atoms with Gasteiger partial charge in [-0.25, -0.2) is 9.97 Å². The summed E-state index contributed by atoms with van der Waals surface area (Å²) in [6.45, 7) is 2.17. The number of nitrogens with zero attached hydrogens (tertiary/aromatic N) is 2. The lowest BCUT2D eigenvalue weighted by atomic mass is 10.2. The van der Waals surface area contributed by atoms with Crippen molar-refractivity contribution in [3.8, 4) is 0 Å². The standard InChI is InChI=1S/C13H11Cl2N3O/c1-8-4-10(18-7-17-8)6-16-13(19)11-5-9(14)2-3-12(11)15/h2-5,7H,6H2,1H3,(H,16,19). The van der Waals surface area contributed by atoms with E-state index in [-0.39, 0.29) is 5.91 Å². The number of aryl methyl sites for hydroxylation is 1. The third-order valence-electron chi connectivity index (χ3n) is 2.46. The second-order valence-electron chi connectivity index (χ2n) is 3.96. The van der Waals surface area contributed by atoms with E-state index in [9.17, 15) is 4.79 Å². The number of amides is 1. The maximum absolute atomic E-state index is 12.0. The van der Waals surface area contributed by atoms with Crippen molar-refractivity contribution in [3.63, 3.8) is 0 Å². The van der Waals surface area contributed by atoms with Crippen LogP contribution < -0.4 is 5.32 Å². The Labute approximate surface area is 120 Å². The van der Waals surface area contributed by atoms with Gasteiger partial charge in [-0.3, -0.25) is 4.79 Å². The number of benzene rings is 1. The molecule has 2 aromatic rings. The Morgan fingerprint density at radius 3 is 2.79 bits per heavy atom. The highest BCUT2D eigenvalue weighted by atomic mass is 35.5. The van der Waals surface area contributed by atoms with E-state index < -0.39 is 0 Å². The largest absolute Gasteiger partial charge is 0.346 e. The van der Waals surface area contributed by atoms with Gasteiger partial charge in [0.05, 0.1) is 22.8 Å². The summed E-state index contributed by atoms with van der Waals surface area (Å²) in [6, 6.07) is 6.56. The summed E-state index contributed by atoms with van der Waals surface area (Å²) in [6.07, 6.45) is 1.46. The average Bonchev–Trinajstić information content (AvgIpc) is 2.39. The highest BCUT2D eigenvalue weighted by Crippen LogP contribution is 2.20. The lowest BCUT2D eigenvalue weighted by Gasteiger charge is -2.07. The molecule has 19 heavy (non-hydrogen) atoms. The first-order valence-corrected chi connectivity index (χ1v) is 6.32. The van der Waals surface area contributed by atoms with Gasteiger partial charge in [-0.05, 0) is 31.2 Å². The number of carbonyl (C=O) groups excluding carboxylic acids is 1. The van der Waals surface area contributed by atoms with Crippen LogP contribution in [0.5, 0.6) is 0 Å². The van der Waals surface area contributed by atoms with Crippen LogP contribution in [0.4, 0.5) is 0 Å². The summed E-state index contributed by atoms with van der Waals surface area (Å²) in [7, 11) is 0. The van der Waals surface area contributed by atoms with Crippen molar-refractivity contribution in [1.82, 2.24) is 15.3 Å². The summed E-state index contributed by atoms with van der Waals surface area (Å²) < 4.78 is 0. The topological polar surface area (TPSA) is 54.9 Å². The molecule has 0 saturated heterocycles. The summed E-state index contributed by atoms with van der Waals surface area (Å²) in [4.78, 5) is 20.0. The minimum absolute atomic E-state index is 0.288. The van der Waals surface area contributed by atoms with Crippen molar-refractivity contribution < 1.29 is 4.79 Å². The fraction of sp³-hybridized carbons (Fsp3) is 0.154. The molecule has 1 aromatic heterocycles. The predicted molar refractivity (Wildman–Crippen MR) is 74.4 cm³/mol. The zero-order chi connectivity index (χ0) is 13.8. The van der Waals surface area contributed by atoms with E-state index >= 15 is 0 Å². The summed E-state index contributed by atoms with van der Waals surface area (Å²) >= 11 is 11.8. The molecule has 1 aromatic carbocycles. The number of aromatic nitrogens is 2. The van der Waals surface area contributed by atoms with Gasteiger partial charge in [-0.15, -0.1) is 0 Å². The third kappa shape index (κ3) is 3.66. The van der Waals surface area contributed by atoms with Crippen LogP contribution in [0.1, 0.15) is 21.7 Å². The molecule has 98 valence electrons. The molecule has 0 saturated carbocycles. The SMILES string of the molecule is Cc1cc(CNC(=O)c2cc(Cl)ccc2Cl)ncn1. The Hall–Kier alpha value is -1.65. The molecule has 1 amide bonds. The van der Waals surface area contributed by atoms with Gasteiger partial charge < -0.3 is 5.32 Å². The molecular formula is C13H11Cl2N3O. The van der Waals surface area contributed by atoms with Crippen LogP contribution in [0.15, 0.2) is 30.6 Å². The molecule has 0 aliphatic rings. The monoisotopic (exact) mass is 295 g/mol. The molecule has 0 fully saturated rings. The van der Waals surface area contributed by atoms with Crippen LogP contribution in [0, 0.1) is 6.92 Å². The molecule has 1 heterocycles. The molecule has 0 aliphatic heterocycles. The van der Waals surface area contributed by atoms with Crippen molar-refractivity contribution in [2.45, 2.75) is 13.5 Å². The van der Waals surface area contributed by atoms with Crippen LogP contribution in [0.2, 0.25) is 10.0 Å². The highest BCUT2D eigenvalue weighted by Gasteiger charge is 2.10. The third-order valence-corrected chi connectivity index (χ3v) is 3.03. The second kappa shape index (κ2) is 5.99. The van der Waals surface area contributed by atoms with E-state index in [4.69, 9.17) is 23.2 Å². The van der Waals surface area contributed by atoms with Crippen LogP contribution in [0.3, 0.4) is 0 Å². The van der Waals surface area contributed by atoms with Gasteiger partial charge in [-0.1, -0.05) is 23.2 Å². The number of nitrogens with one attached hydrogen (secondary N) is 1. The van der Waals surface area contributed by atoms with E-state index in [1.165, 1.54) is 12.4 Å². The lowest BCUT2D eigenvalue weighted by Crippen LogP contribution is -2.23. The number of hydrogen-bond donors (Lipinski definition) is 1.